The molecule has 1 aromatic carbocycles. The topological polar surface area (TPSA) is 53.3 Å². The smallest absolute Gasteiger partial charge is 0.0534 e. The Labute approximate surface area is 150 Å². The number of piperidine rings is 1. The minimum atomic E-state index is 0.230. The van der Waals surface area contributed by atoms with E-state index < -0.39 is 0 Å². The maximum absolute atomic E-state index is 9.84. The van der Waals surface area contributed by atoms with Crippen molar-refractivity contribution < 1.29 is 5.11 Å². The molecular formula is C20H30N4O. The van der Waals surface area contributed by atoms with E-state index in [1.807, 2.05) is 10.9 Å². The standard InChI is InChI=1S/C20H30N4O/c1-16(2)24-13-18(11-22-24)10-21-20-8-9-23(14-19(20)15-25)12-17-6-4-3-5-7-17/h3-7,11,13,16,19-21,25H,8-10,12,14-15H2,1-2H3/t19-,20-/m1/s1. The molecule has 2 aromatic rings. The second-order valence-electron chi connectivity index (χ2n) is 7.36. The molecule has 2 atom stereocenters. The van der Waals surface area contributed by atoms with Crippen LogP contribution in [0.3, 0.4) is 0 Å². The lowest BCUT2D eigenvalue weighted by Gasteiger charge is -2.38. The minimum Gasteiger partial charge on any atom is -0.396 e. The summed E-state index contributed by atoms with van der Waals surface area (Å²) < 4.78 is 1.99. The van der Waals surface area contributed by atoms with Crippen molar-refractivity contribution in [2.45, 2.75) is 45.4 Å². The van der Waals surface area contributed by atoms with E-state index in [0.29, 0.717) is 12.1 Å². The van der Waals surface area contributed by atoms with Crippen LogP contribution in [0.2, 0.25) is 0 Å². The van der Waals surface area contributed by atoms with Crippen molar-refractivity contribution in [3.63, 3.8) is 0 Å². The number of aliphatic hydroxyl groups is 1. The number of benzene rings is 1. The predicted molar refractivity (Wildman–Crippen MR) is 100 cm³/mol. The molecule has 1 aliphatic rings. The molecule has 2 heterocycles. The normalized spacial score (nSPS) is 21.8. The van der Waals surface area contributed by atoms with Crippen molar-refractivity contribution in [3.05, 3.63) is 53.9 Å². The fraction of sp³-hybridized carbons (Fsp3) is 0.550. The van der Waals surface area contributed by atoms with E-state index in [1.165, 1.54) is 11.1 Å². The molecule has 1 aromatic heterocycles. The number of hydrogen-bond donors (Lipinski definition) is 2. The molecule has 0 bridgehead atoms. The summed E-state index contributed by atoms with van der Waals surface area (Å²) in [7, 11) is 0. The van der Waals surface area contributed by atoms with Gasteiger partial charge in [0.2, 0.25) is 0 Å². The molecule has 1 aliphatic heterocycles. The van der Waals surface area contributed by atoms with E-state index in [0.717, 1.165) is 32.6 Å². The van der Waals surface area contributed by atoms with Crippen LogP contribution in [0.5, 0.6) is 0 Å². The number of rotatable bonds is 7. The van der Waals surface area contributed by atoms with E-state index >= 15 is 0 Å². The molecule has 0 radical (unpaired) electrons. The molecule has 136 valence electrons. The minimum absolute atomic E-state index is 0.230. The van der Waals surface area contributed by atoms with Crippen LogP contribution in [0.1, 0.15) is 37.4 Å². The molecule has 0 saturated carbocycles. The van der Waals surface area contributed by atoms with Crippen LogP contribution in [-0.4, -0.2) is 45.5 Å². The van der Waals surface area contributed by atoms with Gasteiger partial charge in [-0.25, -0.2) is 0 Å². The Morgan fingerprint density at radius 2 is 2.04 bits per heavy atom. The molecule has 1 fully saturated rings. The summed E-state index contributed by atoms with van der Waals surface area (Å²) in [6, 6.07) is 11.3. The number of nitrogens with one attached hydrogen (secondary N) is 1. The molecule has 0 spiro atoms. The maximum atomic E-state index is 9.84. The summed E-state index contributed by atoms with van der Waals surface area (Å²) in [4.78, 5) is 2.45. The Bertz CT molecular complexity index is 640. The van der Waals surface area contributed by atoms with Crippen LogP contribution in [0.15, 0.2) is 42.7 Å². The zero-order valence-electron chi connectivity index (χ0n) is 15.3. The van der Waals surface area contributed by atoms with Crippen LogP contribution in [-0.2, 0) is 13.1 Å². The van der Waals surface area contributed by atoms with E-state index in [-0.39, 0.29) is 12.5 Å². The van der Waals surface area contributed by atoms with E-state index in [1.54, 1.807) is 0 Å². The van der Waals surface area contributed by atoms with Gasteiger partial charge in [-0.1, -0.05) is 30.3 Å². The van der Waals surface area contributed by atoms with Crippen molar-refractivity contribution in [2.75, 3.05) is 19.7 Å². The average molecular weight is 342 g/mol. The maximum Gasteiger partial charge on any atom is 0.0534 e. The number of nitrogens with zero attached hydrogens (tertiary/aromatic N) is 3. The van der Waals surface area contributed by atoms with Gasteiger partial charge in [0.1, 0.15) is 0 Å². The number of aliphatic hydroxyl groups excluding tert-OH is 1. The van der Waals surface area contributed by atoms with Gasteiger partial charge in [0.15, 0.2) is 0 Å². The fourth-order valence-electron chi connectivity index (χ4n) is 3.55. The number of likely N-dealkylation sites (tertiary alicyclic amines) is 1. The first-order chi connectivity index (χ1) is 12.2. The zero-order chi connectivity index (χ0) is 17.6. The van der Waals surface area contributed by atoms with Gasteiger partial charge in [0, 0.05) is 56.0 Å². The van der Waals surface area contributed by atoms with Crippen molar-refractivity contribution in [1.29, 1.82) is 0 Å². The molecular weight excluding hydrogens is 312 g/mol. The highest BCUT2D eigenvalue weighted by molar-refractivity contribution is 5.14. The summed E-state index contributed by atoms with van der Waals surface area (Å²) in [6.07, 6.45) is 5.11. The van der Waals surface area contributed by atoms with E-state index in [4.69, 9.17) is 0 Å². The molecule has 0 amide bonds. The Kier molecular flexibility index (Phi) is 6.24. The fourth-order valence-corrected chi connectivity index (χ4v) is 3.55. The second-order valence-corrected chi connectivity index (χ2v) is 7.36. The first-order valence-electron chi connectivity index (χ1n) is 9.29. The van der Waals surface area contributed by atoms with Gasteiger partial charge in [0.05, 0.1) is 6.20 Å². The summed E-state index contributed by atoms with van der Waals surface area (Å²) in [5.41, 5.74) is 2.55. The first-order valence-corrected chi connectivity index (χ1v) is 9.29. The van der Waals surface area contributed by atoms with Crippen LogP contribution >= 0.6 is 0 Å². The third-order valence-electron chi connectivity index (χ3n) is 5.05. The van der Waals surface area contributed by atoms with Crippen LogP contribution in [0, 0.1) is 5.92 Å². The van der Waals surface area contributed by atoms with Crippen molar-refractivity contribution >= 4 is 0 Å². The third-order valence-corrected chi connectivity index (χ3v) is 5.05. The quantitative estimate of drug-likeness (QED) is 0.811. The van der Waals surface area contributed by atoms with Crippen LogP contribution < -0.4 is 5.32 Å². The first kappa shape index (κ1) is 18.1. The summed E-state index contributed by atoms with van der Waals surface area (Å²) in [5, 5.41) is 17.9. The molecule has 25 heavy (non-hydrogen) atoms. The lowest BCUT2D eigenvalue weighted by molar-refractivity contribution is 0.0849. The van der Waals surface area contributed by atoms with Gasteiger partial charge in [-0.3, -0.25) is 9.58 Å². The van der Waals surface area contributed by atoms with Gasteiger partial charge in [-0.05, 0) is 32.4 Å². The molecule has 5 nitrogen and oxygen atoms in total. The summed E-state index contributed by atoms with van der Waals surface area (Å²) in [5.74, 6) is 0.276. The lowest BCUT2D eigenvalue weighted by atomic mass is 9.92. The van der Waals surface area contributed by atoms with Gasteiger partial charge in [0.25, 0.3) is 0 Å². The van der Waals surface area contributed by atoms with Gasteiger partial charge in [-0.15, -0.1) is 0 Å². The largest absolute Gasteiger partial charge is 0.396 e. The van der Waals surface area contributed by atoms with E-state index in [2.05, 4.69) is 65.7 Å². The molecule has 5 heteroatoms. The Hall–Kier alpha value is -1.69. The van der Waals surface area contributed by atoms with Crippen molar-refractivity contribution in [3.8, 4) is 0 Å². The van der Waals surface area contributed by atoms with Crippen LogP contribution in [0.25, 0.3) is 0 Å². The lowest BCUT2D eigenvalue weighted by Crippen LogP contribution is -2.50. The highest BCUT2D eigenvalue weighted by Gasteiger charge is 2.28. The van der Waals surface area contributed by atoms with Gasteiger partial charge < -0.3 is 10.4 Å². The monoisotopic (exact) mass is 342 g/mol. The Morgan fingerprint density at radius 3 is 2.72 bits per heavy atom. The Morgan fingerprint density at radius 1 is 1.24 bits per heavy atom. The molecule has 0 unspecified atom stereocenters. The molecule has 1 saturated heterocycles. The third kappa shape index (κ3) is 4.91. The van der Waals surface area contributed by atoms with Crippen molar-refractivity contribution in [1.82, 2.24) is 20.0 Å². The predicted octanol–water partition coefficient (Wildman–Crippen LogP) is 2.44. The Balaban J connectivity index is 1.51. The van der Waals surface area contributed by atoms with E-state index in [9.17, 15) is 5.11 Å². The molecule has 2 N–H and O–H groups in total. The highest BCUT2D eigenvalue weighted by atomic mass is 16.3. The second kappa shape index (κ2) is 8.61. The number of aromatic nitrogens is 2. The van der Waals surface area contributed by atoms with Gasteiger partial charge in [-0.2, -0.15) is 5.10 Å². The molecule has 0 aliphatic carbocycles. The van der Waals surface area contributed by atoms with Crippen molar-refractivity contribution in [2.24, 2.45) is 5.92 Å². The van der Waals surface area contributed by atoms with Crippen LogP contribution in [0.4, 0.5) is 0 Å². The summed E-state index contributed by atoms with van der Waals surface area (Å²) in [6.45, 7) is 8.28. The molecule has 3 rings (SSSR count). The summed E-state index contributed by atoms with van der Waals surface area (Å²) >= 11 is 0. The average Bonchev–Trinajstić information content (AvgIpc) is 3.11. The SMILES string of the molecule is CC(C)n1cc(CN[C@@H]2CCN(Cc3ccccc3)C[C@@H]2CO)cn1. The zero-order valence-corrected chi connectivity index (χ0v) is 15.3. The number of hydrogen-bond acceptors (Lipinski definition) is 4. The highest BCUT2D eigenvalue weighted by Crippen LogP contribution is 2.19. The van der Waals surface area contributed by atoms with Gasteiger partial charge >= 0.3 is 0 Å².